The molecule has 10 heteroatoms. The van der Waals surface area contributed by atoms with Crippen molar-refractivity contribution >= 4 is 11.9 Å². The van der Waals surface area contributed by atoms with Gasteiger partial charge in [-0.1, -0.05) is 24.3 Å². The van der Waals surface area contributed by atoms with Crippen molar-refractivity contribution in [3.05, 3.63) is 89.4 Å². The smallest absolute Gasteiger partial charge is 0.333 e. The number of hydrogen-bond donors (Lipinski definition) is 3. The zero-order valence-electron chi connectivity index (χ0n) is 18.9. The van der Waals surface area contributed by atoms with Crippen LogP contribution in [0.15, 0.2) is 65.1 Å². The van der Waals surface area contributed by atoms with E-state index in [9.17, 15) is 18.4 Å². The number of hydrazine groups is 1. The Kier molecular flexibility index (Phi) is 7.94. The van der Waals surface area contributed by atoms with Gasteiger partial charge >= 0.3 is 11.9 Å². The molecular weight excluding hydrogens is 458 g/mol. The van der Waals surface area contributed by atoms with Crippen molar-refractivity contribution in [3.63, 3.8) is 0 Å². The van der Waals surface area contributed by atoms with Gasteiger partial charge < -0.3 is 14.5 Å². The molecule has 0 spiro atoms. The van der Waals surface area contributed by atoms with Gasteiger partial charge in [-0.2, -0.15) is 0 Å². The van der Waals surface area contributed by atoms with E-state index in [2.05, 4.69) is 21.1 Å². The number of nitrogens with one attached hydrogen (secondary N) is 3. The summed E-state index contributed by atoms with van der Waals surface area (Å²) in [5.41, 5.74) is 5.34. The minimum Gasteiger partial charge on any atom is -0.486 e. The van der Waals surface area contributed by atoms with Crippen molar-refractivity contribution in [2.45, 2.75) is 32.0 Å². The van der Waals surface area contributed by atoms with Crippen LogP contribution in [0.5, 0.6) is 5.75 Å². The highest BCUT2D eigenvalue weighted by Gasteiger charge is 2.21. The number of carbonyl (C=O) groups excluding carboxylic acids is 2. The Labute approximate surface area is 201 Å². The predicted octanol–water partition coefficient (Wildman–Crippen LogP) is 3.75. The maximum Gasteiger partial charge on any atom is 0.333 e. The van der Waals surface area contributed by atoms with Crippen molar-refractivity contribution in [3.8, 4) is 5.75 Å². The second-order valence-corrected chi connectivity index (χ2v) is 8.22. The number of nitrogens with zero attached hydrogens (tertiary/aromatic N) is 1. The largest absolute Gasteiger partial charge is 0.486 e. The first-order valence-corrected chi connectivity index (χ1v) is 11.3. The van der Waals surface area contributed by atoms with Gasteiger partial charge in [-0.25, -0.2) is 19.0 Å². The van der Waals surface area contributed by atoms with E-state index >= 15 is 0 Å². The third kappa shape index (κ3) is 7.03. The number of para-hydroxylation sites is 1. The van der Waals surface area contributed by atoms with Crippen molar-refractivity contribution in [2.24, 2.45) is 0 Å². The van der Waals surface area contributed by atoms with Crippen molar-refractivity contribution in [2.75, 3.05) is 13.1 Å². The van der Waals surface area contributed by atoms with Crippen LogP contribution < -0.4 is 20.9 Å². The quantitative estimate of drug-likeness (QED) is 0.444. The molecule has 3 amide bonds. The Balaban J connectivity index is 1.15. The van der Waals surface area contributed by atoms with E-state index in [0.717, 1.165) is 6.07 Å². The summed E-state index contributed by atoms with van der Waals surface area (Å²) < 4.78 is 37.5. The summed E-state index contributed by atoms with van der Waals surface area (Å²) in [5, 5.41) is 2.82. The molecule has 0 saturated carbocycles. The third-order valence-electron chi connectivity index (χ3n) is 5.61. The van der Waals surface area contributed by atoms with E-state index in [1.165, 1.54) is 12.1 Å². The topological polar surface area (TPSA) is 95.8 Å². The first-order chi connectivity index (χ1) is 17.0. The van der Waals surface area contributed by atoms with Crippen molar-refractivity contribution in [1.29, 1.82) is 0 Å². The lowest BCUT2D eigenvalue weighted by molar-refractivity contribution is 0.0903. The molecule has 1 aliphatic heterocycles. The minimum atomic E-state index is -0.862. The van der Waals surface area contributed by atoms with Crippen molar-refractivity contribution in [1.82, 2.24) is 21.1 Å². The average molecular weight is 485 g/mol. The van der Waals surface area contributed by atoms with Gasteiger partial charge in [0, 0.05) is 25.7 Å². The fraction of sp³-hybridized carbons (Fsp3) is 0.280. The number of hydrogen-bond acceptors (Lipinski definition) is 5. The van der Waals surface area contributed by atoms with E-state index in [0.29, 0.717) is 49.5 Å². The number of furan rings is 1. The Bertz CT molecular complexity index is 1150. The predicted molar refractivity (Wildman–Crippen MR) is 123 cm³/mol. The molecule has 1 aliphatic rings. The Morgan fingerprint density at radius 2 is 1.74 bits per heavy atom. The number of amides is 3. The highest BCUT2D eigenvalue weighted by molar-refractivity contribution is 5.92. The first-order valence-electron chi connectivity index (χ1n) is 11.3. The maximum atomic E-state index is 13.4. The van der Waals surface area contributed by atoms with Crippen LogP contribution >= 0.6 is 0 Å². The SMILES string of the molecule is O=C(NNC(=O)c1ccc(COc2ccccc2)o1)NC1CCN(Cc2ccc(F)c(F)c2)CC1. The highest BCUT2D eigenvalue weighted by Crippen LogP contribution is 2.16. The zero-order valence-corrected chi connectivity index (χ0v) is 18.9. The van der Waals surface area contributed by atoms with Crippen LogP contribution in [0.1, 0.15) is 34.7 Å². The molecule has 0 aliphatic carbocycles. The fourth-order valence-corrected chi connectivity index (χ4v) is 3.78. The summed E-state index contributed by atoms with van der Waals surface area (Å²) in [6.07, 6.45) is 1.38. The molecule has 2 heterocycles. The van der Waals surface area contributed by atoms with Crippen LogP contribution in [-0.4, -0.2) is 36.0 Å². The van der Waals surface area contributed by atoms with Gasteiger partial charge in [-0.15, -0.1) is 0 Å². The van der Waals surface area contributed by atoms with Crippen LogP contribution in [-0.2, 0) is 13.2 Å². The van der Waals surface area contributed by atoms with Gasteiger partial charge in [0.15, 0.2) is 17.4 Å². The third-order valence-corrected chi connectivity index (χ3v) is 5.61. The van der Waals surface area contributed by atoms with Crippen LogP contribution in [0.3, 0.4) is 0 Å². The monoisotopic (exact) mass is 484 g/mol. The number of rotatable bonds is 7. The number of carbonyl (C=O) groups is 2. The summed E-state index contributed by atoms with van der Waals surface area (Å²) in [7, 11) is 0. The average Bonchev–Trinajstić information content (AvgIpc) is 3.35. The van der Waals surface area contributed by atoms with Gasteiger partial charge in [-0.05, 0) is 54.8 Å². The van der Waals surface area contributed by atoms with Crippen LogP contribution in [0.2, 0.25) is 0 Å². The van der Waals surface area contributed by atoms with E-state index < -0.39 is 23.6 Å². The number of urea groups is 1. The molecule has 4 rings (SSSR count). The molecule has 0 radical (unpaired) electrons. The minimum absolute atomic E-state index is 0.0440. The molecule has 3 aromatic rings. The molecule has 0 atom stereocenters. The van der Waals surface area contributed by atoms with Gasteiger partial charge in [0.1, 0.15) is 18.1 Å². The Morgan fingerprint density at radius 3 is 2.49 bits per heavy atom. The molecule has 1 saturated heterocycles. The number of likely N-dealkylation sites (tertiary alicyclic amines) is 1. The van der Waals surface area contributed by atoms with Crippen LogP contribution in [0.4, 0.5) is 13.6 Å². The molecule has 3 N–H and O–H groups in total. The number of ether oxygens (including phenoxy) is 1. The van der Waals surface area contributed by atoms with Crippen LogP contribution in [0.25, 0.3) is 0 Å². The molecule has 0 bridgehead atoms. The van der Waals surface area contributed by atoms with E-state index in [4.69, 9.17) is 9.15 Å². The molecule has 1 aromatic heterocycles. The number of piperidine rings is 1. The second kappa shape index (κ2) is 11.5. The summed E-state index contributed by atoms with van der Waals surface area (Å²) in [6, 6.07) is 15.6. The molecule has 2 aromatic carbocycles. The summed E-state index contributed by atoms with van der Waals surface area (Å²) in [4.78, 5) is 26.5. The molecule has 184 valence electrons. The van der Waals surface area contributed by atoms with E-state index in [1.54, 1.807) is 12.1 Å². The maximum absolute atomic E-state index is 13.4. The summed E-state index contributed by atoms with van der Waals surface area (Å²) in [5.74, 6) is -1.11. The molecular formula is C25H26F2N4O4. The molecule has 1 fully saturated rings. The fourth-order valence-electron chi connectivity index (χ4n) is 3.78. The lowest BCUT2D eigenvalue weighted by atomic mass is 10.0. The van der Waals surface area contributed by atoms with Gasteiger partial charge in [0.2, 0.25) is 0 Å². The normalized spacial score (nSPS) is 14.3. The van der Waals surface area contributed by atoms with Crippen molar-refractivity contribution < 1.29 is 27.5 Å². The second-order valence-electron chi connectivity index (χ2n) is 8.22. The molecule has 8 nitrogen and oxygen atoms in total. The van der Waals surface area contributed by atoms with E-state index in [1.807, 2.05) is 30.3 Å². The summed E-state index contributed by atoms with van der Waals surface area (Å²) >= 11 is 0. The summed E-state index contributed by atoms with van der Waals surface area (Å²) in [6.45, 7) is 2.06. The number of halogens is 2. The Hall–Kier alpha value is -3.92. The zero-order chi connectivity index (χ0) is 24.6. The van der Waals surface area contributed by atoms with Crippen LogP contribution in [0, 0.1) is 11.6 Å². The molecule has 0 unspecified atom stereocenters. The number of benzene rings is 2. The first kappa shape index (κ1) is 24.2. The van der Waals surface area contributed by atoms with Gasteiger partial charge in [0.05, 0.1) is 0 Å². The molecule has 35 heavy (non-hydrogen) atoms. The Morgan fingerprint density at radius 1 is 0.971 bits per heavy atom. The highest BCUT2D eigenvalue weighted by atomic mass is 19.2. The lowest BCUT2D eigenvalue weighted by Crippen LogP contribution is -2.52. The van der Waals surface area contributed by atoms with E-state index in [-0.39, 0.29) is 18.4 Å². The standard InChI is InChI=1S/C25H26F2N4O4/c26-21-8-6-17(14-22(21)27)15-31-12-10-18(11-13-31)28-25(33)30-29-24(32)23-9-7-20(35-23)16-34-19-4-2-1-3-5-19/h1-9,14,18H,10-13,15-16H2,(H,29,32)(H2,28,30,33). The van der Waals surface area contributed by atoms with Gasteiger partial charge in [0.25, 0.3) is 0 Å². The lowest BCUT2D eigenvalue weighted by Gasteiger charge is -2.32. The van der Waals surface area contributed by atoms with Gasteiger partial charge in [-0.3, -0.25) is 15.1 Å².